The molecule has 0 aromatic heterocycles. The van der Waals surface area contributed by atoms with Gasteiger partial charge in [0.1, 0.15) is 11.5 Å². The molecule has 0 aliphatic carbocycles. The molecule has 2 rings (SSSR count). The molecule has 0 saturated heterocycles. The number of halogens is 3. The van der Waals surface area contributed by atoms with Crippen molar-refractivity contribution in [1.29, 1.82) is 0 Å². The first-order valence-electron chi connectivity index (χ1n) is 8.20. The Balaban J connectivity index is 2.14. The molecule has 1 amide bonds. The van der Waals surface area contributed by atoms with E-state index in [1.54, 1.807) is 6.07 Å². The summed E-state index contributed by atoms with van der Waals surface area (Å²) in [6, 6.07) is 6.12. The summed E-state index contributed by atoms with van der Waals surface area (Å²) in [4.78, 5) is 23.3. The highest BCUT2D eigenvalue weighted by Crippen LogP contribution is 2.26. The van der Waals surface area contributed by atoms with Gasteiger partial charge in [-0.1, -0.05) is 6.92 Å². The lowest BCUT2D eigenvalue weighted by Gasteiger charge is -2.17. The first-order valence-corrected chi connectivity index (χ1v) is 8.20. The molecular formula is C19H18F3NO4. The Morgan fingerprint density at radius 3 is 2.59 bits per heavy atom. The molecule has 1 N–H and O–H groups in total. The summed E-state index contributed by atoms with van der Waals surface area (Å²) in [6.45, 7) is 3.76. The zero-order valence-electron chi connectivity index (χ0n) is 14.7. The number of hydrogen-bond acceptors (Lipinski definition) is 4. The van der Waals surface area contributed by atoms with Crippen LogP contribution in [0.2, 0.25) is 0 Å². The zero-order chi connectivity index (χ0) is 20.0. The highest BCUT2D eigenvalue weighted by molar-refractivity contribution is 5.94. The van der Waals surface area contributed by atoms with Crippen molar-refractivity contribution in [3.05, 3.63) is 53.3 Å². The van der Waals surface area contributed by atoms with Crippen molar-refractivity contribution in [2.45, 2.75) is 26.4 Å². The lowest BCUT2D eigenvalue weighted by atomic mass is 10.2. The molecule has 0 radical (unpaired) electrons. The summed E-state index contributed by atoms with van der Waals surface area (Å²) in [5, 5.41) is 2.12. The first kappa shape index (κ1) is 20.3. The molecule has 144 valence electrons. The van der Waals surface area contributed by atoms with Crippen molar-refractivity contribution in [1.82, 2.24) is 0 Å². The van der Waals surface area contributed by atoms with Crippen LogP contribution in [-0.2, 0) is 4.79 Å². The molecule has 0 heterocycles. The van der Waals surface area contributed by atoms with Gasteiger partial charge in [0.25, 0.3) is 5.91 Å². The van der Waals surface area contributed by atoms with E-state index in [-0.39, 0.29) is 11.3 Å². The van der Waals surface area contributed by atoms with Crippen molar-refractivity contribution in [3.8, 4) is 11.5 Å². The Bertz CT molecular complexity index is 842. The highest BCUT2D eigenvalue weighted by Gasteiger charge is 2.21. The van der Waals surface area contributed by atoms with Crippen LogP contribution in [0.5, 0.6) is 11.5 Å². The Morgan fingerprint density at radius 1 is 1.19 bits per heavy atom. The van der Waals surface area contributed by atoms with E-state index in [2.05, 4.69) is 5.32 Å². The van der Waals surface area contributed by atoms with Crippen molar-refractivity contribution in [3.63, 3.8) is 0 Å². The number of amides is 1. The number of aldehydes is 1. The molecule has 0 aliphatic heterocycles. The number of ether oxygens (including phenoxy) is 2. The van der Waals surface area contributed by atoms with E-state index < -0.39 is 35.2 Å². The van der Waals surface area contributed by atoms with Gasteiger partial charge in [0.2, 0.25) is 0 Å². The second-order valence-corrected chi connectivity index (χ2v) is 5.64. The van der Waals surface area contributed by atoms with Gasteiger partial charge in [-0.2, -0.15) is 0 Å². The Morgan fingerprint density at radius 2 is 1.93 bits per heavy atom. The van der Waals surface area contributed by atoms with Crippen molar-refractivity contribution >= 4 is 17.9 Å². The number of carbonyl (C=O) groups is 2. The summed E-state index contributed by atoms with van der Waals surface area (Å²) in [5.74, 6) is -4.82. The van der Waals surface area contributed by atoms with Gasteiger partial charge in [-0.15, -0.1) is 0 Å². The molecule has 27 heavy (non-hydrogen) atoms. The molecule has 2 aromatic rings. The van der Waals surface area contributed by atoms with Crippen LogP contribution in [-0.4, -0.2) is 24.9 Å². The largest absolute Gasteiger partial charge is 0.493 e. The minimum atomic E-state index is -1.69. The molecule has 8 heteroatoms. The minimum absolute atomic E-state index is 0.104. The van der Waals surface area contributed by atoms with E-state index in [9.17, 15) is 22.8 Å². The lowest BCUT2D eigenvalue weighted by Crippen LogP contribution is -2.31. The summed E-state index contributed by atoms with van der Waals surface area (Å²) in [7, 11) is 0. The van der Waals surface area contributed by atoms with Crippen LogP contribution in [0.1, 0.15) is 30.6 Å². The molecule has 0 unspecified atom stereocenters. The number of hydrogen-bond donors (Lipinski definition) is 1. The smallest absolute Gasteiger partial charge is 0.265 e. The normalized spacial score (nSPS) is 11.6. The van der Waals surface area contributed by atoms with Crippen molar-refractivity contribution in [2.75, 3.05) is 11.9 Å². The molecule has 0 aliphatic rings. The second-order valence-electron chi connectivity index (χ2n) is 5.64. The number of nitrogens with one attached hydrogen (secondary N) is 1. The quantitative estimate of drug-likeness (QED) is 0.552. The molecule has 5 nitrogen and oxygen atoms in total. The molecule has 2 aromatic carbocycles. The maximum Gasteiger partial charge on any atom is 0.265 e. The van der Waals surface area contributed by atoms with E-state index >= 15 is 0 Å². The van der Waals surface area contributed by atoms with Crippen LogP contribution < -0.4 is 14.8 Å². The molecule has 1 atom stereocenters. The zero-order valence-corrected chi connectivity index (χ0v) is 14.7. The van der Waals surface area contributed by atoms with Crippen LogP contribution in [0, 0.1) is 17.5 Å². The summed E-state index contributed by atoms with van der Waals surface area (Å²) in [6.07, 6.45) is 0.181. The number of rotatable bonds is 8. The predicted octanol–water partition coefficient (Wildman–Crippen LogP) is 4.11. The lowest BCUT2D eigenvalue weighted by molar-refractivity contribution is -0.122. The van der Waals surface area contributed by atoms with E-state index in [0.29, 0.717) is 24.7 Å². The van der Waals surface area contributed by atoms with Gasteiger partial charge >= 0.3 is 0 Å². The van der Waals surface area contributed by atoms with Gasteiger partial charge in [0.05, 0.1) is 17.9 Å². The highest BCUT2D eigenvalue weighted by atomic mass is 19.2. The van der Waals surface area contributed by atoms with Crippen LogP contribution in [0.25, 0.3) is 0 Å². The summed E-state index contributed by atoms with van der Waals surface area (Å²) in [5.41, 5.74) is -0.331. The van der Waals surface area contributed by atoms with Gasteiger partial charge in [-0.3, -0.25) is 9.59 Å². The Kier molecular flexibility index (Phi) is 6.81. The third-order valence-electron chi connectivity index (χ3n) is 3.55. The molecular weight excluding hydrogens is 363 g/mol. The monoisotopic (exact) mass is 381 g/mol. The Hall–Kier alpha value is -3.03. The second kappa shape index (κ2) is 9.07. The SMILES string of the molecule is CCCOc1ccc(C=O)c(O[C@@H](C)C(=O)Nc2ccc(F)c(F)c2F)c1. The third-order valence-corrected chi connectivity index (χ3v) is 3.55. The first-order chi connectivity index (χ1) is 12.9. The van der Waals surface area contributed by atoms with Crippen LogP contribution in [0.4, 0.5) is 18.9 Å². The number of anilines is 1. The standard InChI is InChI=1S/C19H18F3NO4/c1-3-8-26-13-5-4-12(10-24)16(9-13)27-11(2)19(25)23-15-7-6-14(20)17(21)18(15)22/h4-7,9-11H,3,8H2,1-2H3,(H,23,25)/t11-/m0/s1. The molecule has 0 spiro atoms. The van der Waals surface area contributed by atoms with Crippen LogP contribution >= 0.6 is 0 Å². The molecule has 0 bridgehead atoms. The maximum atomic E-state index is 13.7. The minimum Gasteiger partial charge on any atom is -0.493 e. The average molecular weight is 381 g/mol. The summed E-state index contributed by atoms with van der Waals surface area (Å²) < 4.78 is 50.8. The van der Waals surface area contributed by atoms with Gasteiger partial charge in [-0.05, 0) is 37.6 Å². The predicted molar refractivity (Wildman–Crippen MR) is 92.7 cm³/mol. The number of carbonyl (C=O) groups excluding carboxylic acids is 2. The fourth-order valence-corrected chi connectivity index (χ4v) is 2.12. The average Bonchev–Trinajstić information content (AvgIpc) is 2.66. The van der Waals surface area contributed by atoms with Crippen LogP contribution in [0.3, 0.4) is 0 Å². The fraction of sp³-hybridized carbons (Fsp3) is 0.263. The fourth-order valence-electron chi connectivity index (χ4n) is 2.12. The molecule has 0 saturated carbocycles. The van der Waals surface area contributed by atoms with Gasteiger partial charge in [0, 0.05) is 6.07 Å². The summed E-state index contributed by atoms with van der Waals surface area (Å²) >= 11 is 0. The molecule has 0 fully saturated rings. The van der Waals surface area contributed by atoms with Gasteiger partial charge in [0.15, 0.2) is 29.8 Å². The van der Waals surface area contributed by atoms with Crippen LogP contribution in [0.15, 0.2) is 30.3 Å². The number of benzene rings is 2. The van der Waals surface area contributed by atoms with E-state index in [0.717, 1.165) is 12.5 Å². The van der Waals surface area contributed by atoms with Crippen molar-refractivity contribution in [2.24, 2.45) is 0 Å². The third kappa shape index (κ3) is 4.99. The van der Waals surface area contributed by atoms with Crippen molar-refractivity contribution < 1.29 is 32.2 Å². The van der Waals surface area contributed by atoms with E-state index in [1.165, 1.54) is 19.1 Å². The maximum absolute atomic E-state index is 13.7. The van der Waals surface area contributed by atoms with Gasteiger partial charge in [-0.25, -0.2) is 13.2 Å². The van der Waals surface area contributed by atoms with Gasteiger partial charge < -0.3 is 14.8 Å². The Labute approximate surface area is 154 Å². The topological polar surface area (TPSA) is 64.6 Å². The van der Waals surface area contributed by atoms with E-state index in [1.807, 2.05) is 6.92 Å². The van der Waals surface area contributed by atoms with E-state index in [4.69, 9.17) is 9.47 Å².